The Morgan fingerprint density at radius 3 is 2.45 bits per heavy atom. The molecule has 7 heteroatoms. The Labute approximate surface area is 131 Å². The number of carbonyl (C=O) groups is 1. The molecule has 0 spiro atoms. The highest BCUT2D eigenvalue weighted by molar-refractivity contribution is 7.89. The largest absolute Gasteiger partial charge is 0.493 e. The smallest absolute Gasteiger partial charge is 0.341 e. The molecule has 2 rings (SSSR count). The summed E-state index contributed by atoms with van der Waals surface area (Å²) in [5, 5.41) is 0. The fraction of sp³-hybridized carbons (Fsp3) is 0.533. The lowest BCUT2D eigenvalue weighted by atomic mass is 10.2. The Morgan fingerprint density at radius 1 is 1.18 bits per heavy atom. The number of hydrogen-bond donors (Lipinski definition) is 0. The fourth-order valence-corrected chi connectivity index (χ4v) is 3.94. The van der Waals surface area contributed by atoms with E-state index in [4.69, 9.17) is 9.47 Å². The van der Waals surface area contributed by atoms with Crippen LogP contribution in [0, 0.1) is 0 Å². The highest BCUT2D eigenvalue weighted by Gasteiger charge is 2.28. The van der Waals surface area contributed by atoms with Crippen molar-refractivity contribution in [1.82, 2.24) is 4.31 Å². The molecular weight excluding hydrogens is 306 g/mol. The van der Waals surface area contributed by atoms with Gasteiger partial charge in [0.15, 0.2) is 0 Å². The second-order valence-corrected chi connectivity index (χ2v) is 6.86. The molecule has 1 aliphatic heterocycles. The third-order valence-electron chi connectivity index (χ3n) is 3.45. The van der Waals surface area contributed by atoms with Gasteiger partial charge in [0.05, 0.1) is 18.1 Å². The van der Waals surface area contributed by atoms with Crippen LogP contribution >= 0.6 is 0 Å². The number of hydrogen-bond acceptors (Lipinski definition) is 5. The van der Waals surface area contributed by atoms with E-state index in [2.05, 4.69) is 0 Å². The molecule has 1 fully saturated rings. The van der Waals surface area contributed by atoms with E-state index in [9.17, 15) is 13.2 Å². The summed E-state index contributed by atoms with van der Waals surface area (Å²) in [7, 11) is -3.57. The number of rotatable bonds is 6. The number of esters is 1. The Morgan fingerprint density at radius 2 is 1.86 bits per heavy atom. The first-order valence-corrected chi connectivity index (χ1v) is 8.88. The SMILES string of the molecule is CCOC(=O)c1cc(S(=O)(=O)N2CCCC2)ccc1OCC. The minimum absolute atomic E-state index is 0.0981. The van der Waals surface area contributed by atoms with Crippen molar-refractivity contribution in [2.75, 3.05) is 26.3 Å². The summed E-state index contributed by atoms with van der Waals surface area (Å²) in [6.07, 6.45) is 1.72. The molecule has 0 bridgehead atoms. The van der Waals surface area contributed by atoms with Crippen molar-refractivity contribution >= 4 is 16.0 Å². The molecule has 1 aromatic rings. The standard InChI is InChI=1S/C15H21NO5S/c1-3-20-14-8-7-12(11-13(14)15(17)21-4-2)22(18,19)16-9-5-6-10-16/h7-8,11H,3-6,9-10H2,1-2H3. The minimum atomic E-state index is -3.57. The number of carbonyl (C=O) groups excluding carboxylic acids is 1. The van der Waals surface area contributed by atoms with Crippen molar-refractivity contribution in [2.45, 2.75) is 31.6 Å². The zero-order valence-electron chi connectivity index (χ0n) is 12.9. The van der Waals surface area contributed by atoms with Gasteiger partial charge in [0.25, 0.3) is 0 Å². The lowest BCUT2D eigenvalue weighted by molar-refractivity contribution is 0.0521. The van der Waals surface area contributed by atoms with E-state index in [0.29, 0.717) is 25.4 Å². The summed E-state index contributed by atoms with van der Waals surface area (Å²) in [6, 6.07) is 4.33. The van der Waals surface area contributed by atoms with Crippen molar-refractivity contribution in [3.05, 3.63) is 23.8 Å². The van der Waals surface area contributed by atoms with Gasteiger partial charge in [-0.25, -0.2) is 13.2 Å². The fourth-order valence-electron chi connectivity index (χ4n) is 2.40. The van der Waals surface area contributed by atoms with Gasteiger partial charge in [-0.15, -0.1) is 0 Å². The average Bonchev–Trinajstić information content (AvgIpc) is 3.03. The third kappa shape index (κ3) is 3.41. The van der Waals surface area contributed by atoms with E-state index in [1.165, 1.54) is 22.5 Å². The Balaban J connectivity index is 2.41. The highest BCUT2D eigenvalue weighted by atomic mass is 32.2. The van der Waals surface area contributed by atoms with Gasteiger partial charge in [-0.1, -0.05) is 0 Å². The molecule has 1 saturated heterocycles. The van der Waals surface area contributed by atoms with Crippen LogP contribution in [0.25, 0.3) is 0 Å². The van der Waals surface area contributed by atoms with Gasteiger partial charge in [-0.2, -0.15) is 4.31 Å². The molecule has 1 aromatic carbocycles. The molecule has 1 aliphatic rings. The van der Waals surface area contributed by atoms with E-state index in [0.717, 1.165) is 12.8 Å². The molecule has 0 radical (unpaired) electrons. The van der Waals surface area contributed by atoms with Gasteiger partial charge in [0.2, 0.25) is 10.0 Å². The minimum Gasteiger partial charge on any atom is -0.493 e. The van der Waals surface area contributed by atoms with Crippen molar-refractivity contribution in [3.63, 3.8) is 0 Å². The zero-order chi connectivity index (χ0) is 16.2. The van der Waals surface area contributed by atoms with E-state index < -0.39 is 16.0 Å². The molecular formula is C15H21NO5S. The third-order valence-corrected chi connectivity index (χ3v) is 5.34. The van der Waals surface area contributed by atoms with Gasteiger partial charge in [-0.05, 0) is 44.9 Å². The van der Waals surface area contributed by atoms with Crippen LogP contribution in [0.4, 0.5) is 0 Å². The zero-order valence-corrected chi connectivity index (χ0v) is 13.7. The molecule has 0 N–H and O–H groups in total. The maximum Gasteiger partial charge on any atom is 0.341 e. The van der Waals surface area contributed by atoms with E-state index in [-0.39, 0.29) is 17.1 Å². The second kappa shape index (κ2) is 7.11. The first kappa shape index (κ1) is 16.8. The van der Waals surface area contributed by atoms with Crippen LogP contribution < -0.4 is 4.74 Å². The molecule has 0 unspecified atom stereocenters. The molecule has 6 nitrogen and oxygen atoms in total. The van der Waals surface area contributed by atoms with E-state index >= 15 is 0 Å². The highest BCUT2D eigenvalue weighted by Crippen LogP contribution is 2.27. The molecule has 1 heterocycles. The van der Waals surface area contributed by atoms with Crippen LogP contribution in [-0.2, 0) is 14.8 Å². The summed E-state index contributed by atoms with van der Waals surface area (Å²) < 4.78 is 36.9. The van der Waals surface area contributed by atoms with E-state index in [1.807, 2.05) is 0 Å². The maximum atomic E-state index is 12.6. The summed E-state index contributed by atoms with van der Waals surface area (Å²) in [5.74, 6) is -0.245. The van der Waals surface area contributed by atoms with Gasteiger partial charge < -0.3 is 9.47 Å². The molecule has 0 aliphatic carbocycles. The summed E-state index contributed by atoms with van der Waals surface area (Å²) >= 11 is 0. The van der Waals surface area contributed by atoms with Gasteiger partial charge >= 0.3 is 5.97 Å². The summed E-state index contributed by atoms with van der Waals surface area (Å²) in [5.41, 5.74) is 0.143. The van der Waals surface area contributed by atoms with Crippen molar-refractivity contribution in [2.24, 2.45) is 0 Å². The van der Waals surface area contributed by atoms with Crippen LogP contribution in [0.2, 0.25) is 0 Å². The lowest BCUT2D eigenvalue weighted by Gasteiger charge is -2.17. The van der Waals surface area contributed by atoms with Crippen LogP contribution in [0.5, 0.6) is 5.75 Å². The van der Waals surface area contributed by atoms with Crippen molar-refractivity contribution in [1.29, 1.82) is 0 Å². The number of ether oxygens (including phenoxy) is 2. The molecule has 0 atom stereocenters. The molecule has 0 aromatic heterocycles. The number of nitrogens with zero attached hydrogens (tertiary/aromatic N) is 1. The Bertz CT molecular complexity index is 635. The quantitative estimate of drug-likeness (QED) is 0.748. The monoisotopic (exact) mass is 327 g/mol. The molecule has 122 valence electrons. The topological polar surface area (TPSA) is 72.9 Å². The normalized spacial score (nSPS) is 15.7. The first-order valence-electron chi connectivity index (χ1n) is 7.44. The molecule has 0 saturated carbocycles. The molecule has 0 amide bonds. The van der Waals surface area contributed by atoms with Crippen LogP contribution in [-0.4, -0.2) is 45.0 Å². The number of sulfonamides is 1. The molecule has 22 heavy (non-hydrogen) atoms. The van der Waals surface area contributed by atoms with Crippen LogP contribution in [0.1, 0.15) is 37.0 Å². The van der Waals surface area contributed by atoms with Gasteiger partial charge in [0, 0.05) is 13.1 Å². The van der Waals surface area contributed by atoms with Gasteiger partial charge in [0.1, 0.15) is 11.3 Å². The van der Waals surface area contributed by atoms with Crippen LogP contribution in [0.3, 0.4) is 0 Å². The van der Waals surface area contributed by atoms with Crippen molar-refractivity contribution < 1.29 is 22.7 Å². The average molecular weight is 327 g/mol. The lowest BCUT2D eigenvalue weighted by Crippen LogP contribution is -2.28. The predicted molar refractivity (Wildman–Crippen MR) is 81.6 cm³/mol. The van der Waals surface area contributed by atoms with Gasteiger partial charge in [-0.3, -0.25) is 0 Å². The Kier molecular flexibility index (Phi) is 5.42. The maximum absolute atomic E-state index is 12.6. The van der Waals surface area contributed by atoms with Crippen LogP contribution in [0.15, 0.2) is 23.1 Å². The summed E-state index contributed by atoms with van der Waals surface area (Å²) in [4.78, 5) is 12.1. The van der Waals surface area contributed by atoms with E-state index in [1.54, 1.807) is 13.8 Å². The predicted octanol–water partition coefficient (Wildman–Crippen LogP) is 2.05. The summed E-state index contributed by atoms with van der Waals surface area (Å²) in [6.45, 7) is 5.12. The second-order valence-electron chi connectivity index (χ2n) is 4.92. The Hall–Kier alpha value is -1.60. The first-order chi connectivity index (χ1) is 10.5. The van der Waals surface area contributed by atoms with Crippen molar-refractivity contribution in [3.8, 4) is 5.75 Å². The number of benzene rings is 1.